The first-order chi connectivity index (χ1) is 8.88. The Balaban J connectivity index is 2.93. The van der Waals surface area contributed by atoms with Crippen LogP contribution in [0.4, 0.5) is 0 Å². The van der Waals surface area contributed by atoms with Gasteiger partial charge in [-0.3, -0.25) is 4.79 Å². The van der Waals surface area contributed by atoms with Crippen LogP contribution in [0.3, 0.4) is 0 Å². The van der Waals surface area contributed by atoms with Crippen molar-refractivity contribution in [3.05, 3.63) is 29.0 Å². The van der Waals surface area contributed by atoms with E-state index in [-0.39, 0.29) is 5.56 Å². The number of carboxylic acid groups (broad SMARTS) is 1. The average Bonchev–Trinajstić information content (AvgIpc) is 2.60. The van der Waals surface area contributed by atoms with Gasteiger partial charge in [0.25, 0.3) is 5.78 Å². The van der Waals surface area contributed by atoms with E-state index in [0.717, 1.165) is 11.1 Å². The molecule has 1 N–H and O–H groups in total. The molecule has 0 bridgehead atoms. The number of ketones is 1. The van der Waals surface area contributed by atoms with Crippen LogP contribution in [0.5, 0.6) is 5.75 Å². The molecule has 1 aromatic heterocycles. The van der Waals surface area contributed by atoms with Crippen LogP contribution in [0, 0.1) is 13.8 Å². The van der Waals surface area contributed by atoms with Crippen LogP contribution in [-0.4, -0.2) is 28.5 Å². The van der Waals surface area contributed by atoms with E-state index in [1.54, 1.807) is 31.7 Å². The molecule has 1 aromatic carbocycles. The van der Waals surface area contributed by atoms with Crippen molar-refractivity contribution in [2.24, 2.45) is 7.05 Å². The number of aromatic nitrogens is 1. The normalized spacial score (nSPS) is 10.7. The van der Waals surface area contributed by atoms with Gasteiger partial charge in [0.2, 0.25) is 0 Å². The van der Waals surface area contributed by atoms with E-state index in [9.17, 15) is 9.59 Å². The van der Waals surface area contributed by atoms with Gasteiger partial charge >= 0.3 is 5.97 Å². The molecule has 0 aliphatic carbocycles. The summed E-state index contributed by atoms with van der Waals surface area (Å²) in [4.78, 5) is 22.8. The summed E-state index contributed by atoms with van der Waals surface area (Å²) in [7, 11) is 3.34. The van der Waals surface area contributed by atoms with E-state index in [1.807, 2.05) is 13.0 Å². The first kappa shape index (κ1) is 13.1. The van der Waals surface area contributed by atoms with Crippen LogP contribution in [0.25, 0.3) is 10.9 Å². The second-order valence-electron chi connectivity index (χ2n) is 4.52. The lowest BCUT2D eigenvalue weighted by Crippen LogP contribution is -2.13. The van der Waals surface area contributed by atoms with E-state index in [2.05, 4.69) is 0 Å². The summed E-state index contributed by atoms with van der Waals surface area (Å²) >= 11 is 0. The van der Waals surface area contributed by atoms with Gasteiger partial charge in [-0.1, -0.05) is 0 Å². The summed E-state index contributed by atoms with van der Waals surface area (Å²) in [5, 5.41) is 9.55. The molecule has 2 aromatic rings. The minimum absolute atomic E-state index is 0.229. The number of rotatable bonds is 3. The molecule has 5 nitrogen and oxygen atoms in total. The van der Waals surface area contributed by atoms with Gasteiger partial charge in [-0.25, -0.2) is 4.79 Å². The van der Waals surface area contributed by atoms with Crippen LogP contribution in [0.2, 0.25) is 0 Å². The zero-order valence-corrected chi connectivity index (χ0v) is 11.3. The average molecular weight is 261 g/mol. The van der Waals surface area contributed by atoms with Gasteiger partial charge in [0.1, 0.15) is 5.75 Å². The van der Waals surface area contributed by atoms with E-state index in [0.29, 0.717) is 16.8 Å². The molecule has 1 heterocycles. The molecular formula is C14H15NO4. The van der Waals surface area contributed by atoms with Crippen molar-refractivity contribution in [3.63, 3.8) is 0 Å². The van der Waals surface area contributed by atoms with Crippen LogP contribution in [0.1, 0.15) is 21.6 Å². The Hall–Kier alpha value is -2.30. The van der Waals surface area contributed by atoms with Crippen molar-refractivity contribution >= 4 is 22.7 Å². The summed E-state index contributed by atoms with van der Waals surface area (Å²) in [6, 6.07) is 3.66. The molecule has 19 heavy (non-hydrogen) atoms. The van der Waals surface area contributed by atoms with Gasteiger partial charge in [0.05, 0.1) is 18.2 Å². The highest BCUT2D eigenvalue weighted by molar-refractivity contribution is 6.42. The molecule has 0 aliphatic heterocycles. The second kappa shape index (κ2) is 4.42. The van der Waals surface area contributed by atoms with E-state index in [1.165, 1.54) is 0 Å². The molecule has 5 heteroatoms. The van der Waals surface area contributed by atoms with Gasteiger partial charge in [-0.2, -0.15) is 0 Å². The number of benzene rings is 1. The Morgan fingerprint density at radius 3 is 2.42 bits per heavy atom. The first-order valence-electron chi connectivity index (χ1n) is 5.79. The number of fused-ring (bicyclic) bond motifs is 1. The molecule has 2 rings (SSSR count). The van der Waals surface area contributed by atoms with Gasteiger partial charge in [-0.15, -0.1) is 0 Å². The number of Topliss-reactive ketones (excluding diaryl/α,β-unsaturated/α-hetero) is 1. The van der Waals surface area contributed by atoms with Gasteiger partial charge < -0.3 is 14.4 Å². The highest BCUT2D eigenvalue weighted by Crippen LogP contribution is 2.33. The van der Waals surface area contributed by atoms with Crippen molar-refractivity contribution in [2.45, 2.75) is 13.8 Å². The topological polar surface area (TPSA) is 68.5 Å². The van der Waals surface area contributed by atoms with Crippen molar-refractivity contribution in [1.82, 2.24) is 4.57 Å². The van der Waals surface area contributed by atoms with E-state index >= 15 is 0 Å². The number of aliphatic carboxylic acids is 1. The fourth-order valence-electron chi connectivity index (χ4n) is 2.36. The number of carboxylic acids is 1. The minimum atomic E-state index is -1.45. The maximum absolute atomic E-state index is 11.8. The highest BCUT2D eigenvalue weighted by atomic mass is 16.5. The maximum atomic E-state index is 11.8. The minimum Gasteiger partial charge on any atom is -0.495 e. The second-order valence-corrected chi connectivity index (χ2v) is 4.52. The monoisotopic (exact) mass is 261 g/mol. The summed E-state index contributed by atoms with van der Waals surface area (Å²) in [5.74, 6) is -1.71. The number of carbonyl (C=O) groups excluding carboxylic acids is 1. The molecule has 0 saturated carbocycles. The first-order valence-corrected chi connectivity index (χ1v) is 5.79. The number of methoxy groups -OCH3 is 1. The Morgan fingerprint density at radius 1 is 1.26 bits per heavy atom. The van der Waals surface area contributed by atoms with Gasteiger partial charge in [0.15, 0.2) is 0 Å². The molecule has 0 radical (unpaired) electrons. The molecule has 100 valence electrons. The molecule has 0 fully saturated rings. The number of aryl methyl sites for hydroxylation is 2. The number of hydrogen-bond acceptors (Lipinski definition) is 3. The SMILES string of the molecule is COc1cc(C)cc2c(C(=O)C(=O)O)c(C)n(C)c12. The fourth-order valence-corrected chi connectivity index (χ4v) is 2.36. The molecule has 0 aliphatic rings. The Morgan fingerprint density at radius 2 is 1.89 bits per heavy atom. The molecule has 0 spiro atoms. The van der Waals surface area contributed by atoms with Gasteiger partial charge in [0, 0.05) is 18.1 Å². The zero-order valence-electron chi connectivity index (χ0n) is 11.3. The maximum Gasteiger partial charge on any atom is 0.377 e. The lowest BCUT2D eigenvalue weighted by molar-refractivity contribution is -0.131. The lowest BCUT2D eigenvalue weighted by Gasteiger charge is -2.06. The molecular weight excluding hydrogens is 246 g/mol. The summed E-state index contributed by atoms with van der Waals surface area (Å²) in [6.07, 6.45) is 0. The third-order valence-corrected chi connectivity index (χ3v) is 3.33. The Labute approximate surface area is 110 Å². The van der Waals surface area contributed by atoms with Crippen LogP contribution < -0.4 is 4.74 Å². The van der Waals surface area contributed by atoms with Crippen molar-refractivity contribution < 1.29 is 19.4 Å². The summed E-state index contributed by atoms with van der Waals surface area (Å²) < 4.78 is 7.10. The summed E-state index contributed by atoms with van der Waals surface area (Å²) in [5.41, 5.74) is 2.49. The predicted octanol–water partition coefficient (Wildman–Crippen LogP) is 2.07. The van der Waals surface area contributed by atoms with Crippen LogP contribution in [0.15, 0.2) is 12.1 Å². The van der Waals surface area contributed by atoms with Crippen LogP contribution in [-0.2, 0) is 11.8 Å². The fraction of sp³-hybridized carbons (Fsp3) is 0.286. The molecule has 0 unspecified atom stereocenters. The van der Waals surface area contributed by atoms with Crippen molar-refractivity contribution in [2.75, 3.05) is 7.11 Å². The van der Waals surface area contributed by atoms with E-state index < -0.39 is 11.8 Å². The third-order valence-electron chi connectivity index (χ3n) is 3.33. The Bertz CT molecular complexity index is 697. The van der Waals surface area contributed by atoms with Crippen LogP contribution >= 0.6 is 0 Å². The predicted molar refractivity (Wildman–Crippen MR) is 70.9 cm³/mol. The third kappa shape index (κ3) is 1.87. The number of carbonyl (C=O) groups is 2. The molecule has 0 amide bonds. The van der Waals surface area contributed by atoms with Crippen molar-refractivity contribution in [1.29, 1.82) is 0 Å². The zero-order chi connectivity index (χ0) is 14.3. The molecule has 0 saturated heterocycles. The van der Waals surface area contributed by atoms with Crippen molar-refractivity contribution in [3.8, 4) is 5.75 Å². The standard InChI is InChI=1S/C14H15NO4/c1-7-5-9-11(13(16)14(17)18)8(2)15(3)12(9)10(6-7)19-4/h5-6H,1-4H3,(H,17,18). The number of ether oxygens (including phenoxy) is 1. The number of hydrogen-bond donors (Lipinski definition) is 1. The molecule has 0 atom stereocenters. The highest BCUT2D eigenvalue weighted by Gasteiger charge is 2.25. The quantitative estimate of drug-likeness (QED) is 0.678. The number of nitrogens with zero attached hydrogens (tertiary/aromatic N) is 1. The smallest absolute Gasteiger partial charge is 0.377 e. The van der Waals surface area contributed by atoms with Gasteiger partial charge in [-0.05, 0) is 31.5 Å². The largest absolute Gasteiger partial charge is 0.495 e. The lowest BCUT2D eigenvalue weighted by atomic mass is 10.0. The Kier molecular flexibility index (Phi) is 3.06. The van der Waals surface area contributed by atoms with E-state index in [4.69, 9.17) is 9.84 Å². The summed E-state index contributed by atoms with van der Waals surface area (Å²) in [6.45, 7) is 3.60.